The number of methoxy groups -OCH3 is 1. The van der Waals surface area contributed by atoms with E-state index in [4.69, 9.17) is 16.2 Å². The average Bonchev–Trinajstić information content (AvgIpc) is 2.54. The average molecular weight is 297 g/mol. The fraction of sp³-hybridized carbons (Fsp3) is 0.333. The van der Waals surface area contributed by atoms with Gasteiger partial charge in [0.1, 0.15) is 5.75 Å². The van der Waals surface area contributed by atoms with Gasteiger partial charge in [-0.3, -0.25) is 0 Å². The second-order valence-corrected chi connectivity index (χ2v) is 5.94. The SMILES string of the molecule is COc1ccc(-c2ccc(N3CC(N)CC(N)C3)cc2)cc1. The maximum absolute atomic E-state index is 6.07. The molecule has 0 aromatic heterocycles. The number of ether oxygens (including phenoxy) is 1. The van der Waals surface area contributed by atoms with Gasteiger partial charge >= 0.3 is 0 Å². The maximum Gasteiger partial charge on any atom is 0.118 e. The van der Waals surface area contributed by atoms with Gasteiger partial charge in [-0.2, -0.15) is 0 Å². The number of nitrogens with zero attached hydrogens (tertiary/aromatic N) is 1. The van der Waals surface area contributed by atoms with Crippen molar-refractivity contribution < 1.29 is 4.74 Å². The minimum absolute atomic E-state index is 0.157. The molecule has 1 fully saturated rings. The minimum atomic E-state index is 0.157. The van der Waals surface area contributed by atoms with Crippen LogP contribution in [-0.2, 0) is 0 Å². The summed E-state index contributed by atoms with van der Waals surface area (Å²) in [4.78, 5) is 2.27. The fourth-order valence-corrected chi connectivity index (χ4v) is 3.04. The molecule has 0 bridgehead atoms. The second kappa shape index (κ2) is 6.38. The van der Waals surface area contributed by atoms with Gasteiger partial charge in [0.15, 0.2) is 0 Å². The summed E-state index contributed by atoms with van der Waals surface area (Å²) in [6, 6.07) is 17.0. The summed E-state index contributed by atoms with van der Waals surface area (Å²) in [6.45, 7) is 1.74. The highest BCUT2D eigenvalue weighted by atomic mass is 16.5. The summed E-state index contributed by atoms with van der Waals surface area (Å²) in [5.74, 6) is 0.872. The van der Waals surface area contributed by atoms with Crippen molar-refractivity contribution in [3.63, 3.8) is 0 Å². The molecular formula is C18H23N3O. The molecule has 4 nitrogen and oxygen atoms in total. The van der Waals surface area contributed by atoms with E-state index in [1.807, 2.05) is 12.1 Å². The van der Waals surface area contributed by atoms with Crippen LogP contribution in [0.4, 0.5) is 5.69 Å². The zero-order chi connectivity index (χ0) is 15.5. The molecule has 2 unspecified atom stereocenters. The Balaban J connectivity index is 1.77. The first-order valence-electron chi connectivity index (χ1n) is 7.66. The third-order valence-electron chi connectivity index (χ3n) is 4.17. The highest BCUT2D eigenvalue weighted by molar-refractivity contribution is 5.67. The zero-order valence-electron chi connectivity index (χ0n) is 12.9. The molecule has 2 aromatic rings. The molecule has 0 saturated carbocycles. The number of nitrogens with two attached hydrogens (primary N) is 2. The number of hydrogen-bond donors (Lipinski definition) is 2. The standard InChI is InChI=1S/C18H23N3O/c1-22-18-8-4-14(5-9-18)13-2-6-17(7-3-13)21-11-15(19)10-16(20)12-21/h2-9,15-16H,10-12,19-20H2,1H3. The van der Waals surface area contributed by atoms with E-state index in [2.05, 4.69) is 41.3 Å². The predicted octanol–water partition coefficient (Wildman–Crippen LogP) is 2.23. The largest absolute Gasteiger partial charge is 0.497 e. The summed E-state index contributed by atoms with van der Waals surface area (Å²) in [5.41, 5.74) is 15.7. The van der Waals surface area contributed by atoms with Crippen molar-refractivity contribution in [2.24, 2.45) is 11.5 Å². The summed E-state index contributed by atoms with van der Waals surface area (Å²) in [6.07, 6.45) is 0.903. The minimum Gasteiger partial charge on any atom is -0.497 e. The van der Waals surface area contributed by atoms with Crippen LogP contribution in [0.1, 0.15) is 6.42 Å². The van der Waals surface area contributed by atoms with Gasteiger partial charge in [0.2, 0.25) is 0 Å². The molecular weight excluding hydrogens is 274 g/mol. The van der Waals surface area contributed by atoms with Crippen molar-refractivity contribution in [1.29, 1.82) is 0 Å². The van der Waals surface area contributed by atoms with Crippen LogP contribution in [0.25, 0.3) is 11.1 Å². The predicted molar refractivity (Wildman–Crippen MR) is 91.2 cm³/mol. The molecule has 4 heteroatoms. The lowest BCUT2D eigenvalue weighted by Gasteiger charge is -2.36. The molecule has 2 atom stereocenters. The first kappa shape index (κ1) is 14.9. The van der Waals surface area contributed by atoms with Crippen LogP contribution < -0.4 is 21.1 Å². The molecule has 0 spiro atoms. The summed E-state index contributed by atoms with van der Waals surface area (Å²) >= 11 is 0. The van der Waals surface area contributed by atoms with Crippen molar-refractivity contribution in [1.82, 2.24) is 0 Å². The highest BCUT2D eigenvalue weighted by Gasteiger charge is 2.22. The third kappa shape index (κ3) is 3.24. The van der Waals surface area contributed by atoms with Gasteiger partial charge < -0.3 is 21.1 Å². The molecule has 1 aliphatic rings. The normalized spacial score (nSPS) is 21.7. The Labute approximate surface area is 131 Å². The monoisotopic (exact) mass is 297 g/mol. The number of anilines is 1. The van der Waals surface area contributed by atoms with Gasteiger partial charge in [-0.15, -0.1) is 0 Å². The van der Waals surface area contributed by atoms with Crippen molar-refractivity contribution >= 4 is 5.69 Å². The van der Waals surface area contributed by atoms with E-state index < -0.39 is 0 Å². The van der Waals surface area contributed by atoms with Gasteiger partial charge in [0.25, 0.3) is 0 Å². The molecule has 2 aromatic carbocycles. The van der Waals surface area contributed by atoms with Gasteiger partial charge in [0, 0.05) is 30.9 Å². The Hall–Kier alpha value is -2.04. The highest BCUT2D eigenvalue weighted by Crippen LogP contribution is 2.26. The number of benzene rings is 2. The topological polar surface area (TPSA) is 64.5 Å². The van der Waals surface area contributed by atoms with Crippen LogP contribution in [0.2, 0.25) is 0 Å². The van der Waals surface area contributed by atoms with Crippen LogP contribution >= 0.6 is 0 Å². The molecule has 4 N–H and O–H groups in total. The Morgan fingerprint density at radius 2 is 1.36 bits per heavy atom. The lowest BCUT2D eigenvalue weighted by atomic mass is 10.0. The van der Waals surface area contributed by atoms with Gasteiger partial charge in [0.05, 0.1) is 7.11 Å². The smallest absolute Gasteiger partial charge is 0.118 e. The summed E-state index contributed by atoms with van der Waals surface area (Å²) < 4.78 is 5.19. The van der Waals surface area contributed by atoms with Crippen molar-refractivity contribution in [2.45, 2.75) is 18.5 Å². The Morgan fingerprint density at radius 3 is 1.86 bits per heavy atom. The molecule has 22 heavy (non-hydrogen) atoms. The fourth-order valence-electron chi connectivity index (χ4n) is 3.04. The van der Waals surface area contributed by atoms with Crippen LogP contribution in [0, 0.1) is 0 Å². The first-order chi connectivity index (χ1) is 10.7. The van der Waals surface area contributed by atoms with Gasteiger partial charge in [-0.1, -0.05) is 24.3 Å². The third-order valence-corrected chi connectivity index (χ3v) is 4.17. The lowest BCUT2D eigenvalue weighted by Crippen LogP contribution is -2.52. The summed E-state index contributed by atoms with van der Waals surface area (Å²) in [5, 5.41) is 0. The molecule has 1 saturated heterocycles. The number of hydrogen-bond acceptors (Lipinski definition) is 4. The number of rotatable bonds is 3. The van der Waals surface area contributed by atoms with Gasteiger partial charge in [-0.25, -0.2) is 0 Å². The van der Waals surface area contributed by atoms with Gasteiger partial charge in [-0.05, 0) is 41.8 Å². The van der Waals surface area contributed by atoms with E-state index in [9.17, 15) is 0 Å². The Bertz CT molecular complexity index is 599. The van der Waals surface area contributed by atoms with Crippen LogP contribution in [0.15, 0.2) is 48.5 Å². The van der Waals surface area contributed by atoms with Crippen LogP contribution in [0.5, 0.6) is 5.75 Å². The van der Waals surface area contributed by atoms with Crippen molar-refractivity contribution in [3.05, 3.63) is 48.5 Å². The summed E-state index contributed by atoms with van der Waals surface area (Å²) in [7, 11) is 1.68. The Morgan fingerprint density at radius 1 is 0.864 bits per heavy atom. The molecule has 1 aliphatic heterocycles. The lowest BCUT2D eigenvalue weighted by molar-refractivity contribution is 0.415. The quantitative estimate of drug-likeness (QED) is 0.912. The molecule has 0 radical (unpaired) electrons. The van der Waals surface area contributed by atoms with E-state index in [1.54, 1.807) is 7.11 Å². The molecule has 1 heterocycles. The molecule has 3 rings (SSSR count). The van der Waals surface area contributed by atoms with E-state index >= 15 is 0 Å². The molecule has 0 amide bonds. The molecule has 116 valence electrons. The van der Waals surface area contributed by atoms with E-state index in [1.165, 1.54) is 16.8 Å². The molecule has 0 aliphatic carbocycles. The van der Waals surface area contributed by atoms with Crippen LogP contribution in [0.3, 0.4) is 0 Å². The van der Waals surface area contributed by atoms with Crippen LogP contribution in [-0.4, -0.2) is 32.3 Å². The van der Waals surface area contributed by atoms with Crippen molar-refractivity contribution in [3.8, 4) is 16.9 Å². The second-order valence-electron chi connectivity index (χ2n) is 5.94. The van der Waals surface area contributed by atoms with E-state index in [0.29, 0.717) is 0 Å². The zero-order valence-corrected chi connectivity index (χ0v) is 12.9. The maximum atomic E-state index is 6.07. The van der Waals surface area contributed by atoms with Crippen molar-refractivity contribution in [2.75, 3.05) is 25.1 Å². The van der Waals surface area contributed by atoms with E-state index in [0.717, 1.165) is 25.3 Å². The first-order valence-corrected chi connectivity index (χ1v) is 7.66. The number of piperidine rings is 1. The van der Waals surface area contributed by atoms with E-state index in [-0.39, 0.29) is 12.1 Å². The Kier molecular flexibility index (Phi) is 4.32.